The van der Waals surface area contributed by atoms with Gasteiger partial charge in [0.2, 0.25) is 0 Å². The average molecular weight is 463 g/mol. The number of rotatable bonds is 11. The molecule has 0 N–H and O–H groups in total. The Hall–Kier alpha value is -1.93. The second-order valence-corrected chi connectivity index (χ2v) is 9.03. The predicted molar refractivity (Wildman–Crippen MR) is 129 cm³/mol. The maximum absolute atomic E-state index is 10.2. The van der Waals surface area contributed by atoms with Crippen LogP contribution in [0.25, 0.3) is 0 Å². The zero-order chi connectivity index (χ0) is 23.0. The van der Waals surface area contributed by atoms with Gasteiger partial charge < -0.3 is 14.4 Å². The number of hydrogen-bond acceptors (Lipinski definition) is 4. The molecule has 0 aliphatic heterocycles. The van der Waals surface area contributed by atoms with Crippen LogP contribution in [0.3, 0.4) is 0 Å². The molecule has 31 heavy (non-hydrogen) atoms. The monoisotopic (exact) mass is 462 g/mol. The Morgan fingerprint density at radius 1 is 1.00 bits per heavy atom. The molecule has 1 atom stereocenters. The summed E-state index contributed by atoms with van der Waals surface area (Å²) in [7, 11) is 5.34. The van der Waals surface area contributed by atoms with Crippen LogP contribution in [0.4, 0.5) is 0 Å². The van der Waals surface area contributed by atoms with Crippen LogP contribution in [0.5, 0.6) is 11.5 Å². The summed E-state index contributed by atoms with van der Waals surface area (Å²) in [6, 6.07) is 14.2. The molecule has 0 aliphatic rings. The summed E-state index contributed by atoms with van der Waals surface area (Å²) in [6.45, 7) is 6.03. The minimum Gasteiger partial charge on any atom is -0.493 e. The normalized spacial score (nSPS) is 13.2. The van der Waals surface area contributed by atoms with Crippen LogP contribution in [-0.2, 0) is 11.8 Å². The molecule has 0 saturated heterocycles. The molecule has 0 heterocycles. The summed E-state index contributed by atoms with van der Waals surface area (Å²) in [4.78, 5) is 2.29. The number of benzene rings is 2. The fourth-order valence-electron chi connectivity index (χ4n) is 3.88. The highest BCUT2D eigenvalue weighted by Gasteiger charge is 2.36. The Bertz CT molecular complexity index is 911. The van der Waals surface area contributed by atoms with Crippen LogP contribution in [0.1, 0.15) is 37.8 Å². The van der Waals surface area contributed by atoms with Crippen molar-refractivity contribution in [3.05, 3.63) is 57.6 Å². The molecule has 168 valence electrons. The second-order valence-electron chi connectivity index (χ2n) is 8.21. The Morgan fingerprint density at radius 2 is 1.71 bits per heavy atom. The van der Waals surface area contributed by atoms with E-state index in [1.54, 1.807) is 14.2 Å². The van der Waals surface area contributed by atoms with Gasteiger partial charge in [-0.25, -0.2) is 0 Å². The third-order valence-electron chi connectivity index (χ3n) is 5.96. The third-order valence-corrected chi connectivity index (χ3v) is 6.70. The van der Waals surface area contributed by atoms with Crippen molar-refractivity contribution in [2.24, 2.45) is 5.92 Å². The number of methoxy groups -OCH3 is 2. The van der Waals surface area contributed by atoms with Gasteiger partial charge in [0.1, 0.15) is 0 Å². The smallest absolute Gasteiger partial charge is 0.161 e. The lowest BCUT2D eigenvalue weighted by molar-refractivity contribution is 0.292. The van der Waals surface area contributed by atoms with Crippen molar-refractivity contribution in [2.45, 2.75) is 38.5 Å². The van der Waals surface area contributed by atoms with Crippen LogP contribution in [0.15, 0.2) is 36.4 Å². The Morgan fingerprint density at radius 3 is 2.29 bits per heavy atom. The Labute approximate surface area is 196 Å². The van der Waals surface area contributed by atoms with Crippen LogP contribution < -0.4 is 9.47 Å². The highest BCUT2D eigenvalue weighted by molar-refractivity contribution is 6.42. The highest BCUT2D eigenvalue weighted by Crippen LogP contribution is 2.40. The van der Waals surface area contributed by atoms with Crippen molar-refractivity contribution in [2.75, 3.05) is 34.4 Å². The van der Waals surface area contributed by atoms with E-state index in [2.05, 4.69) is 31.9 Å². The summed E-state index contributed by atoms with van der Waals surface area (Å²) in [6.07, 6.45) is 2.59. The SMILES string of the molecule is COc1ccc([C@@](C#N)(CCCN(C)CCc2ccc(Cl)c(Cl)c2)C(C)C)cc1OC. The molecule has 0 saturated carbocycles. The molecule has 0 aliphatic carbocycles. The van der Waals surface area contributed by atoms with Gasteiger partial charge >= 0.3 is 0 Å². The second kappa shape index (κ2) is 11.6. The maximum Gasteiger partial charge on any atom is 0.161 e. The number of nitriles is 1. The number of hydrogen-bond donors (Lipinski definition) is 0. The van der Waals surface area contributed by atoms with Gasteiger partial charge in [-0.3, -0.25) is 0 Å². The van der Waals surface area contributed by atoms with E-state index >= 15 is 0 Å². The van der Waals surface area contributed by atoms with E-state index in [0.717, 1.165) is 37.9 Å². The Balaban J connectivity index is 2.03. The lowest BCUT2D eigenvalue weighted by Crippen LogP contribution is -2.32. The topological polar surface area (TPSA) is 45.5 Å². The molecule has 6 heteroatoms. The molecular formula is C25H32Cl2N2O2. The van der Waals surface area contributed by atoms with E-state index < -0.39 is 5.41 Å². The van der Waals surface area contributed by atoms with E-state index in [0.29, 0.717) is 21.5 Å². The van der Waals surface area contributed by atoms with Gasteiger partial charge in [0.25, 0.3) is 0 Å². The van der Waals surface area contributed by atoms with Crippen molar-refractivity contribution in [1.82, 2.24) is 4.90 Å². The fourth-order valence-corrected chi connectivity index (χ4v) is 4.21. The first-order valence-corrected chi connectivity index (χ1v) is 11.3. The van der Waals surface area contributed by atoms with Crippen molar-refractivity contribution in [3.8, 4) is 17.6 Å². The quantitative estimate of drug-likeness (QED) is 0.388. The molecule has 0 amide bonds. The molecule has 0 bridgehead atoms. The molecule has 2 aromatic carbocycles. The molecule has 0 unspecified atom stereocenters. The number of likely N-dealkylation sites (N-methyl/N-ethyl adjacent to an activating group) is 1. The van der Waals surface area contributed by atoms with E-state index in [1.807, 2.05) is 36.4 Å². The molecule has 2 rings (SSSR count). The zero-order valence-corrected chi connectivity index (χ0v) is 20.6. The summed E-state index contributed by atoms with van der Waals surface area (Å²) in [5.41, 5.74) is 1.56. The van der Waals surface area contributed by atoms with Crippen molar-refractivity contribution in [3.63, 3.8) is 0 Å². The first-order valence-electron chi connectivity index (χ1n) is 10.5. The van der Waals surface area contributed by atoms with Gasteiger partial charge in [0.15, 0.2) is 11.5 Å². The third kappa shape index (κ3) is 6.29. The van der Waals surface area contributed by atoms with Crippen LogP contribution in [0.2, 0.25) is 10.0 Å². The number of ether oxygens (including phenoxy) is 2. The van der Waals surface area contributed by atoms with Gasteiger partial charge in [0, 0.05) is 6.54 Å². The van der Waals surface area contributed by atoms with Crippen molar-refractivity contribution in [1.29, 1.82) is 5.26 Å². The number of halogens is 2. The summed E-state index contributed by atoms with van der Waals surface area (Å²) in [5, 5.41) is 11.4. The predicted octanol–water partition coefficient (Wildman–Crippen LogP) is 6.38. The minimum atomic E-state index is -0.579. The van der Waals surface area contributed by atoms with E-state index in [1.165, 1.54) is 5.56 Å². The standard InChI is InChI=1S/C25H32Cl2N2O2/c1-18(2)25(17-28,20-8-10-23(30-4)24(16-20)31-5)12-6-13-29(3)14-11-19-7-9-21(26)22(27)15-19/h7-10,15-16,18H,6,11-14H2,1-5H3/t25-/m1/s1. The average Bonchev–Trinajstić information content (AvgIpc) is 2.77. The summed E-state index contributed by atoms with van der Waals surface area (Å²) >= 11 is 12.1. The lowest BCUT2D eigenvalue weighted by atomic mass is 9.69. The molecule has 0 fully saturated rings. The molecule has 0 spiro atoms. The van der Waals surface area contributed by atoms with E-state index in [-0.39, 0.29) is 5.92 Å². The van der Waals surface area contributed by atoms with Gasteiger partial charge in [0.05, 0.1) is 35.7 Å². The highest BCUT2D eigenvalue weighted by atomic mass is 35.5. The van der Waals surface area contributed by atoms with Gasteiger partial charge in [-0.15, -0.1) is 0 Å². The minimum absolute atomic E-state index is 0.164. The van der Waals surface area contributed by atoms with Crippen molar-refractivity contribution >= 4 is 23.2 Å². The van der Waals surface area contributed by atoms with E-state index in [9.17, 15) is 5.26 Å². The molecule has 4 nitrogen and oxygen atoms in total. The molecule has 0 aromatic heterocycles. The first kappa shape index (κ1) is 25.3. The molecule has 2 aromatic rings. The summed E-state index contributed by atoms with van der Waals surface area (Å²) < 4.78 is 10.8. The lowest BCUT2D eigenvalue weighted by Gasteiger charge is -2.32. The summed E-state index contributed by atoms with van der Waals surface area (Å²) in [5.74, 6) is 1.49. The first-order chi connectivity index (χ1) is 14.8. The molecule has 0 radical (unpaired) electrons. The number of nitrogens with zero attached hydrogens (tertiary/aromatic N) is 2. The molecular weight excluding hydrogens is 431 g/mol. The fraction of sp³-hybridized carbons (Fsp3) is 0.480. The maximum atomic E-state index is 10.2. The van der Waals surface area contributed by atoms with Crippen LogP contribution >= 0.6 is 23.2 Å². The van der Waals surface area contributed by atoms with Gasteiger partial charge in [-0.05, 0) is 74.2 Å². The zero-order valence-electron chi connectivity index (χ0n) is 19.0. The van der Waals surface area contributed by atoms with Gasteiger partial charge in [-0.1, -0.05) is 49.2 Å². The Kier molecular flexibility index (Phi) is 9.50. The van der Waals surface area contributed by atoms with E-state index in [4.69, 9.17) is 32.7 Å². The van der Waals surface area contributed by atoms with Crippen molar-refractivity contribution < 1.29 is 9.47 Å². The van der Waals surface area contributed by atoms with Gasteiger partial charge in [-0.2, -0.15) is 5.26 Å². The largest absolute Gasteiger partial charge is 0.493 e. The van der Waals surface area contributed by atoms with Crippen LogP contribution in [0, 0.1) is 17.2 Å². The van der Waals surface area contributed by atoms with Crippen LogP contribution in [-0.4, -0.2) is 39.3 Å².